The number of amides is 1. The summed E-state index contributed by atoms with van der Waals surface area (Å²) in [6, 6.07) is 12.1. The number of hydrogen-bond donors (Lipinski definition) is 1. The van der Waals surface area contributed by atoms with Crippen molar-refractivity contribution < 1.29 is 18.7 Å². The van der Waals surface area contributed by atoms with Gasteiger partial charge in [0.05, 0.1) is 31.6 Å². The first-order valence-electron chi connectivity index (χ1n) is 8.80. The lowest BCUT2D eigenvalue weighted by atomic mass is 10.1. The van der Waals surface area contributed by atoms with Crippen LogP contribution in [0, 0.1) is 12.7 Å². The smallest absolute Gasteiger partial charge is 0.278 e. The molecule has 144 valence electrons. The highest BCUT2D eigenvalue weighted by Gasteiger charge is 2.28. The van der Waals surface area contributed by atoms with E-state index in [0.29, 0.717) is 12.2 Å². The summed E-state index contributed by atoms with van der Waals surface area (Å²) < 4.78 is 26.6. The second-order valence-electron chi connectivity index (χ2n) is 6.58. The molecule has 1 aromatic heterocycles. The highest BCUT2D eigenvalue weighted by Crippen LogP contribution is 2.28. The van der Waals surface area contributed by atoms with Gasteiger partial charge in [-0.25, -0.2) is 9.07 Å². The minimum atomic E-state index is -0.516. The SMILES string of the molecule is COc1ccc([C@H]2Cn3nnc(C(=O)Nc4cc(C)ccc4F)c3CO2)cc1. The van der Waals surface area contributed by atoms with Gasteiger partial charge in [-0.15, -0.1) is 5.10 Å². The van der Waals surface area contributed by atoms with E-state index in [-0.39, 0.29) is 24.1 Å². The van der Waals surface area contributed by atoms with Crippen molar-refractivity contribution in [3.05, 3.63) is 70.8 Å². The molecule has 28 heavy (non-hydrogen) atoms. The fraction of sp³-hybridized carbons (Fsp3) is 0.250. The normalized spacial score (nSPS) is 15.8. The Bertz CT molecular complexity index is 1020. The lowest BCUT2D eigenvalue weighted by Gasteiger charge is -2.24. The Morgan fingerprint density at radius 3 is 2.82 bits per heavy atom. The predicted octanol–water partition coefficient (Wildman–Crippen LogP) is 3.26. The van der Waals surface area contributed by atoms with Gasteiger partial charge in [0.25, 0.3) is 5.91 Å². The molecule has 1 amide bonds. The zero-order valence-corrected chi connectivity index (χ0v) is 15.5. The van der Waals surface area contributed by atoms with Crippen LogP contribution in [0.15, 0.2) is 42.5 Å². The Morgan fingerprint density at radius 1 is 1.29 bits per heavy atom. The van der Waals surface area contributed by atoms with Crippen LogP contribution >= 0.6 is 0 Å². The molecule has 0 saturated carbocycles. The molecule has 2 aromatic carbocycles. The molecular weight excluding hydrogens is 363 g/mol. The van der Waals surface area contributed by atoms with Crippen molar-refractivity contribution >= 4 is 11.6 Å². The van der Waals surface area contributed by atoms with E-state index in [9.17, 15) is 9.18 Å². The number of carbonyl (C=O) groups excluding carboxylic acids is 1. The Hall–Kier alpha value is -3.26. The predicted molar refractivity (Wildman–Crippen MR) is 99.6 cm³/mol. The van der Waals surface area contributed by atoms with Crippen molar-refractivity contribution in [3.63, 3.8) is 0 Å². The van der Waals surface area contributed by atoms with Crippen molar-refractivity contribution in [2.45, 2.75) is 26.2 Å². The molecule has 0 unspecified atom stereocenters. The van der Waals surface area contributed by atoms with Crippen LogP contribution in [-0.2, 0) is 17.9 Å². The van der Waals surface area contributed by atoms with Crippen LogP contribution in [0.3, 0.4) is 0 Å². The van der Waals surface area contributed by atoms with Crippen LogP contribution in [-0.4, -0.2) is 28.0 Å². The van der Waals surface area contributed by atoms with Gasteiger partial charge in [0, 0.05) is 0 Å². The van der Waals surface area contributed by atoms with Crippen molar-refractivity contribution in [3.8, 4) is 5.75 Å². The first kappa shape index (κ1) is 18.1. The summed E-state index contributed by atoms with van der Waals surface area (Å²) in [6.45, 7) is 2.44. The van der Waals surface area contributed by atoms with Crippen molar-refractivity contribution in [2.75, 3.05) is 12.4 Å². The first-order chi connectivity index (χ1) is 13.5. The molecule has 0 aliphatic carbocycles. The first-order valence-corrected chi connectivity index (χ1v) is 8.80. The monoisotopic (exact) mass is 382 g/mol. The highest BCUT2D eigenvalue weighted by atomic mass is 19.1. The van der Waals surface area contributed by atoms with Crippen LogP contribution in [0.25, 0.3) is 0 Å². The number of anilines is 1. The molecule has 3 aromatic rings. The van der Waals surface area contributed by atoms with Crippen molar-refractivity contribution in [1.82, 2.24) is 15.0 Å². The summed E-state index contributed by atoms with van der Waals surface area (Å²) >= 11 is 0. The lowest BCUT2D eigenvalue weighted by Crippen LogP contribution is -2.24. The minimum absolute atomic E-state index is 0.111. The number of benzene rings is 2. The van der Waals surface area contributed by atoms with Gasteiger partial charge in [-0.2, -0.15) is 0 Å². The van der Waals surface area contributed by atoms with Crippen LogP contribution in [0.1, 0.15) is 33.4 Å². The van der Waals surface area contributed by atoms with E-state index in [1.165, 1.54) is 6.07 Å². The van der Waals surface area contributed by atoms with Gasteiger partial charge in [-0.1, -0.05) is 23.4 Å². The van der Waals surface area contributed by atoms with Crippen LogP contribution in [0.5, 0.6) is 5.75 Å². The maximum absolute atomic E-state index is 13.9. The number of halogens is 1. The van der Waals surface area contributed by atoms with Gasteiger partial charge >= 0.3 is 0 Å². The van der Waals surface area contributed by atoms with Gasteiger partial charge in [-0.3, -0.25) is 4.79 Å². The second-order valence-corrected chi connectivity index (χ2v) is 6.58. The van der Waals surface area contributed by atoms with Gasteiger partial charge in [0.1, 0.15) is 17.7 Å². The summed E-state index contributed by atoms with van der Waals surface area (Å²) in [4.78, 5) is 12.6. The van der Waals surface area contributed by atoms with E-state index in [2.05, 4.69) is 15.6 Å². The largest absolute Gasteiger partial charge is 0.497 e. The molecule has 1 atom stereocenters. The number of fused-ring (bicyclic) bond motifs is 1. The zero-order valence-electron chi connectivity index (χ0n) is 15.5. The quantitative estimate of drug-likeness (QED) is 0.749. The summed E-state index contributed by atoms with van der Waals surface area (Å²) in [7, 11) is 1.61. The third-order valence-corrected chi connectivity index (χ3v) is 4.67. The second kappa shape index (κ2) is 7.40. The number of nitrogens with one attached hydrogen (secondary N) is 1. The maximum Gasteiger partial charge on any atom is 0.278 e. The average Bonchev–Trinajstić information content (AvgIpc) is 3.14. The topological polar surface area (TPSA) is 78.3 Å². The Morgan fingerprint density at radius 2 is 2.07 bits per heavy atom. The summed E-state index contributed by atoms with van der Waals surface area (Å²) in [6.07, 6.45) is -0.203. The van der Waals surface area contributed by atoms with Gasteiger partial charge in [0.2, 0.25) is 0 Å². The van der Waals surface area contributed by atoms with Gasteiger partial charge in [-0.05, 0) is 42.3 Å². The highest BCUT2D eigenvalue weighted by molar-refractivity contribution is 6.03. The van der Waals surface area contributed by atoms with Gasteiger partial charge < -0.3 is 14.8 Å². The molecular formula is C20H19FN4O3. The van der Waals surface area contributed by atoms with E-state index in [4.69, 9.17) is 9.47 Å². The average molecular weight is 382 g/mol. The third kappa shape index (κ3) is 3.46. The van der Waals surface area contributed by atoms with Crippen LogP contribution < -0.4 is 10.1 Å². The Labute approximate surface area is 161 Å². The number of aromatic nitrogens is 3. The molecule has 4 rings (SSSR count). The molecule has 0 bridgehead atoms. The van der Waals surface area contributed by atoms with E-state index in [0.717, 1.165) is 16.9 Å². The molecule has 1 aliphatic rings. The molecule has 0 spiro atoms. The maximum atomic E-state index is 13.9. The zero-order chi connectivity index (χ0) is 19.7. The summed E-state index contributed by atoms with van der Waals surface area (Å²) in [5.41, 5.74) is 2.63. The number of carbonyl (C=O) groups is 1. The molecule has 2 heterocycles. The number of rotatable bonds is 4. The summed E-state index contributed by atoms with van der Waals surface area (Å²) in [5.74, 6) is -0.253. The third-order valence-electron chi connectivity index (χ3n) is 4.67. The lowest BCUT2D eigenvalue weighted by molar-refractivity contribution is -0.00173. The molecule has 1 aliphatic heterocycles. The van der Waals surface area contributed by atoms with Gasteiger partial charge in [0.15, 0.2) is 5.69 Å². The van der Waals surface area contributed by atoms with E-state index < -0.39 is 11.7 Å². The van der Waals surface area contributed by atoms with Crippen LogP contribution in [0.4, 0.5) is 10.1 Å². The fourth-order valence-electron chi connectivity index (χ4n) is 3.12. The van der Waals surface area contributed by atoms with E-state index >= 15 is 0 Å². The molecule has 8 heteroatoms. The number of methoxy groups -OCH3 is 1. The van der Waals surface area contributed by atoms with E-state index in [1.54, 1.807) is 23.9 Å². The molecule has 0 radical (unpaired) electrons. The van der Waals surface area contributed by atoms with Crippen molar-refractivity contribution in [1.29, 1.82) is 0 Å². The number of hydrogen-bond acceptors (Lipinski definition) is 5. The molecule has 1 N–H and O–H groups in total. The number of ether oxygens (including phenoxy) is 2. The van der Waals surface area contributed by atoms with Crippen LogP contribution in [0.2, 0.25) is 0 Å². The fourth-order valence-corrected chi connectivity index (χ4v) is 3.12. The Kier molecular flexibility index (Phi) is 4.79. The Balaban J connectivity index is 1.51. The number of aryl methyl sites for hydroxylation is 1. The van der Waals surface area contributed by atoms with Crippen molar-refractivity contribution in [2.24, 2.45) is 0 Å². The molecule has 0 saturated heterocycles. The molecule has 7 nitrogen and oxygen atoms in total. The van der Waals surface area contributed by atoms with E-state index in [1.807, 2.05) is 31.2 Å². The number of nitrogens with zero attached hydrogens (tertiary/aromatic N) is 3. The minimum Gasteiger partial charge on any atom is -0.497 e. The molecule has 0 fully saturated rings. The standard InChI is InChI=1S/C20H19FN4O3/c1-12-3-8-15(21)16(9-12)22-20(26)19-17-11-28-18(10-25(17)24-23-19)13-4-6-14(27-2)7-5-13/h3-9,18H,10-11H2,1-2H3,(H,22,26)/t18-/m1/s1. The summed E-state index contributed by atoms with van der Waals surface area (Å²) in [5, 5.41) is 10.6.